The number of carbonyl (C=O) groups is 1. The minimum Gasteiger partial charge on any atom is -0.497 e. The molecule has 0 aliphatic carbocycles. The van der Waals surface area contributed by atoms with Gasteiger partial charge in [0, 0.05) is 37.5 Å². The second kappa shape index (κ2) is 8.57. The van der Waals surface area contributed by atoms with E-state index < -0.39 is 11.0 Å². The van der Waals surface area contributed by atoms with E-state index in [0.29, 0.717) is 47.8 Å². The number of aromatic nitrogens is 2. The maximum atomic E-state index is 13.2. The molecule has 3 aromatic rings. The monoisotopic (exact) mass is 422 g/mol. The molecule has 1 atom stereocenters. The van der Waals surface area contributed by atoms with Crippen LogP contribution in [0.1, 0.15) is 34.1 Å². The van der Waals surface area contributed by atoms with Gasteiger partial charge in [0.2, 0.25) is 0 Å². The standard InChI is InChI=1S/C22H22N4O5/c1-30-12-6-11-25-21(16-9-3-4-10-17(16)26(28)29)18-19(23-24-20(18)22(25)27)14-7-5-8-15(13-14)31-2/h3-5,7-10,13,21H,6,11-12H2,1-2H3,(H,23,24). The summed E-state index contributed by atoms with van der Waals surface area (Å²) in [5.41, 5.74) is 2.71. The summed E-state index contributed by atoms with van der Waals surface area (Å²) in [7, 11) is 3.17. The molecule has 0 radical (unpaired) electrons. The van der Waals surface area contributed by atoms with Gasteiger partial charge in [-0.1, -0.05) is 24.3 Å². The third kappa shape index (κ3) is 3.64. The Morgan fingerprint density at radius 3 is 2.74 bits per heavy atom. The van der Waals surface area contributed by atoms with E-state index in [1.807, 2.05) is 24.3 Å². The third-order valence-corrected chi connectivity index (χ3v) is 5.38. The number of fused-ring (bicyclic) bond motifs is 1. The van der Waals surface area contributed by atoms with Gasteiger partial charge >= 0.3 is 0 Å². The zero-order chi connectivity index (χ0) is 22.0. The summed E-state index contributed by atoms with van der Waals surface area (Å²) < 4.78 is 10.5. The lowest BCUT2D eigenvalue weighted by molar-refractivity contribution is -0.385. The van der Waals surface area contributed by atoms with E-state index in [-0.39, 0.29) is 11.6 Å². The lowest BCUT2D eigenvalue weighted by Crippen LogP contribution is -2.31. The molecule has 1 aromatic heterocycles. The number of nitrogens with zero attached hydrogens (tertiary/aromatic N) is 3. The Labute approximate surface area is 178 Å². The van der Waals surface area contributed by atoms with Crippen molar-refractivity contribution in [1.29, 1.82) is 0 Å². The first-order valence-electron chi connectivity index (χ1n) is 9.82. The van der Waals surface area contributed by atoms with Crippen molar-refractivity contribution in [3.63, 3.8) is 0 Å². The minimum absolute atomic E-state index is 0.0392. The number of benzene rings is 2. The molecule has 1 unspecified atom stereocenters. The molecule has 0 bridgehead atoms. The molecule has 0 fully saturated rings. The summed E-state index contributed by atoms with van der Waals surface area (Å²) in [6.45, 7) is 0.867. The largest absolute Gasteiger partial charge is 0.497 e. The van der Waals surface area contributed by atoms with Gasteiger partial charge in [-0.05, 0) is 24.6 Å². The van der Waals surface area contributed by atoms with Crippen molar-refractivity contribution in [2.24, 2.45) is 0 Å². The summed E-state index contributed by atoms with van der Waals surface area (Å²) in [5.74, 6) is 0.411. The molecule has 9 nitrogen and oxygen atoms in total. The van der Waals surface area contributed by atoms with Crippen LogP contribution >= 0.6 is 0 Å². The highest BCUT2D eigenvalue weighted by molar-refractivity contribution is 6.00. The van der Waals surface area contributed by atoms with E-state index in [9.17, 15) is 14.9 Å². The number of hydrogen-bond donors (Lipinski definition) is 1. The second-order valence-electron chi connectivity index (χ2n) is 7.16. The van der Waals surface area contributed by atoms with E-state index in [0.717, 1.165) is 5.56 Å². The molecule has 2 heterocycles. The number of aromatic amines is 1. The third-order valence-electron chi connectivity index (χ3n) is 5.38. The predicted octanol–water partition coefficient (Wildman–Crippen LogP) is 3.58. The van der Waals surface area contributed by atoms with E-state index in [4.69, 9.17) is 9.47 Å². The fourth-order valence-corrected chi connectivity index (χ4v) is 4.01. The van der Waals surface area contributed by atoms with Gasteiger partial charge in [0.1, 0.15) is 11.4 Å². The fraction of sp³-hybridized carbons (Fsp3) is 0.273. The highest BCUT2D eigenvalue weighted by Crippen LogP contribution is 2.45. The molecule has 0 saturated carbocycles. The van der Waals surface area contributed by atoms with Gasteiger partial charge in [-0.2, -0.15) is 5.10 Å². The average molecular weight is 422 g/mol. The van der Waals surface area contributed by atoms with Crippen molar-refractivity contribution >= 4 is 11.6 Å². The number of H-pyrrole nitrogens is 1. The molecule has 0 saturated heterocycles. The van der Waals surface area contributed by atoms with E-state index in [1.54, 1.807) is 37.3 Å². The van der Waals surface area contributed by atoms with Gasteiger partial charge in [0.15, 0.2) is 0 Å². The number of amides is 1. The molecule has 1 N–H and O–H groups in total. The molecule has 2 aromatic carbocycles. The van der Waals surface area contributed by atoms with Crippen LogP contribution in [0.4, 0.5) is 5.69 Å². The molecular weight excluding hydrogens is 400 g/mol. The normalized spacial score (nSPS) is 15.2. The van der Waals surface area contributed by atoms with Crippen molar-refractivity contribution < 1.29 is 19.2 Å². The molecule has 1 amide bonds. The van der Waals surface area contributed by atoms with Crippen LogP contribution in [0.3, 0.4) is 0 Å². The van der Waals surface area contributed by atoms with Crippen molar-refractivity contribution in [1.82, 2.24) is 15.1 Å². The van der Waals surface area contributed by atoms with Crippen LogP contribution in [0.2, 0.25) is 0 Å². The number of nitro benzene ring substituents is 1. The predicted molar refractivity (Wildman–Crippen MR) is 113 cm³/mol. The first-order chi connectivity index (χ1) is 15.1. The first-order valence-corrected chi connectivity index (χ1v) is 9.82. The summed E-state index contributed by atoms with van der Waals surface area (Å²) in [6.07, 6.45) is 0.603. The molecule has 1 aliphatic rings. The Morgan fingerprint density at radius 2 is 2.00 bits per heavy atom. The van der Waals surface area contributed by atoms with Gasteiger partial charge in [0.05, 0.1) is 29.3 Å². The van der Waals surface area contributed by atoms with Gasteiger partial charge in [-0.25, -0.2) is 0 Å². The number of para-hydroxylation sites is 1. The Kier molecular flexibility index (Phi) is 5.68. The lowest BCUT2D eigenvalue weighted by atomic mass is 9.95. The molecule has 31 heavy (non-hydrogen) atoms. The Hall–Kier alpha value is -3.72. The Bertz CT molecular complexity index is 1130. The van der Waals surface area contributed by atoms with Gasteiger partial charge in [-0.15, -0.1) is 0 Å². The summed E-state index contributed by atoms with van der Waals surface area (Å²) >= 11 is 0. The van der Waals surface area contributed by atoms with Crippen LogP contribution in [-0.2, 0) is 4.74 Å². The summed E-state index contributed by atoms with van der Waals surface area (Å²) in [4.78, 5) is 26.2. The first kappa shape index (κ1) is 20.5. The zero-order valence-corrected chi connectivity index (χ0v) is 17.2. The van der Waals surface area contributed by atoms with Crippen molar-refractivity contribution in [3.05, 3.63) is 75.5 Å². The van der Waals surface area contributed by atoms with Gasteiger partial charge < -0.3 is 14.4 Å². The van der Waals surface area contributed by atoms with Crippen LogP contribution in [0, 0.1) is 10.1 Å². The molecular formula is C22H22N4O5. The average Bonchev–Trinajstić information content (AvgIpc) is 3.33. The summed E-state index contributed by atoms with van der Waals surface area (Å²) in [5, 5.41) is 19.0. The van der Waals surface area contributed by atoms with Crippen molar-refractivity contribution in [2.45, 2.75) is 12.5 Å². The number of nitro groups is 1. The Balaban J connectivity index is 1.88. The number of methoxy groups -OCH3 is 2. The molecule has 1 aliphatic heterocycles. The minimum atomic E-state index is -0.638. The fourth-order valence-electron chi connectivity index (χ4n) is 4.01. The van der Waals surface area contributed by atoms with E-state index in [2.05, 4.69) is 10.2 Å². The van der Waals surface area contributed by atoms with Gasteiger partial charge in [0.25, 0.3) is 11.6 Å². The quantitative estimate of drug-likeness (QED) is 0.337. The number of hydrogen-bond acceptors (Lipinski definition) is 6. The van der Waals surface area contributed by atoms with Crippen molar-refractivity contribution in [3.8, 4) is 17.0 Å². The molecule has 0 spiro atoms. The van der Waals surface area contributed by atoms with Crippen molar-refractivity contribution in [2.75, 3.05) is 27.4 Å². The second-order valence-corrected chi connectivity index (χ2v) is 7.16. The lowest BCUT2D eigenvalue weighted by Gasteiger charge is -2.26. The van der Waals surface area contributed by atoms with Crippen LogP contribution in [0.15, 0.2) is 48.5 Å². The van der Waals surface area contributed by atoms with E-state index >= 15 is 0 Å². The smallest absolute Gasteiger partial charge is 0.275 e. The maximum Gasteiger partial charge on any atom is 0.275 e. The van der Waals surface area contributed by atoms with Crippen LogP contribution < -0.4 is 4.74 Å². The zero-order valence-electron chi connectivity index (χ0n) is 17.2. The molecule has 160 valence electrons. The molecule has 4 rings (SSSR count). The highest BCUT2D eigenvalue weighted by Gasteiger charge is 2.44. The molecule has 9 heteroatoms. The SMILES string of the molecule is COCCCN1C(=O)c2[nH]nc(-c3cccc(OC)c3)c2C1c1ccccc1[N+](=O)[O-]. The number of rotatable bonds is 8. The topological polar surface area (TPSA) is 111 Å². The van der Waals surface area contributed by atoms with Crippen LogP contribution in [-0.4, -0.2) is 53.3 Å². The maximum absolute atomic E-state index is 13.2. The number of ether oxygens (including phenoxy) is 2. The van der Waals surface area contributed by atoms with Gasteiger partial charge in [-0.3, -0.25) is 20.0 Å². The van der Waals surface area contributed by atoms with E-state index in [1.165, 1.54) is 6.07 Å². The number of nitrogens with one attached hydrogen (secondary N) is 1. The highest BCUT2D eigenvalue weighted by atomic mass is 16.6. The van der Waals surface area contributed by atoms with Crippen LogP contribution in [0.25, 0.3) is 11.3 Å². The summed E-state index contributed by atoms with van der Waals surface area (Å²) in [6, 6.07) is 13.2. The number of carbonyl (C=O) groups excluding carboxylic acids is 1. The van der Waals surface area contributed by atoms with Crippen LogP contribution in [0.5, 0.6) is 5.75 Å². The Morgan fingerprint density at radius 1 is 1.19 bits per heavy atom.